The van der Waals surface area contributed by atoms with Gasteiger partial charge < -0.3 is 24.5 Å². The van der Waals surface area contributed by atoms with Crippen molar-refractivity contribution in [1.29, 1.82) is 0 Å². The average Bonchev–Trinajstić information content (AvgIpc) is 3.47. The summed E-state index contributed by atoms with van der Waals surface area (Å²) in [4.78, 5) is 33.9. The zero-order chi connectivity index (χ0) is 27.7. The third-order valence-electron chi connectivity index (χ3n) is 8.43. The molecule has 1 aromatic rings. The Morgan fingerprint density at radius 3 is 2.64 bits per heavy atom. The molecule has 1 aromatic carbocycles. The van der Waals surface area contributed by atoms with Crippen LogP contribution in [0.3, 0.4) is 0 Å². The van der Waals surface area contributed by atoms with E-state index in [2.05, 4.69) is 32.0 Å². The van der Waals surface area contributed by atoms with Crippen LogP contribution in [0.2, 0.25) is 0 Å². The largest absolute Gasteiger partial charge is 0.454 e. The molecule has 6 atom stereocenters. The fourth-order valence-corrected chi connectivity index (χ4v) is 6.41. The first-order valence-corrected chi connectivity index (χ1v) is 13.8. The summed E-state index contributed by atoms with van der Waals surface area (Å²) < 4.78 is 10.8. The number of aliphatic hydroxyl groups excluding tert-OH is 2. The second-order valence-corrected chi connectivity index (χ2v) is 11.4. The van der Waals surface area contributed by atoms with Crippen LogP contribution in [0.25, 0.3) is 0 Å². The standard InChI is InChI=1S/C30H38N2O7/c1-17(2)5-4-6-18(3)11-12-39-31-22-14-23(33)28(34)26-20(22)8-9-21-27(26)30(36)32(29(21)35)15-19-7-10-24-25(13-19)38-16-37-24/h5,7,10-11,13,20-21,23,26-28,33-34H,4,6,8-9,12,14-16H2,1-3H3/t20-,21+,23+,26-,27+,28+/m0/s1. The zero-order valence-electron chi connectivity index (χ0n) is 22.8. The van der Waals surface area contributed by atoms with Crippen molar-refractivity contribution >= 4 is 17.5 Å². The second-order valence-electron chi connectivity index (χ2n) is 11.4. The molecule has 0 aromatic heterocycles. The molecule has 1 saturated heterocycles. The summed E-state index contributed by atoms with van der Waals surface area (Å²) in [6.07, 6.45) is 5.27. The molecule has 3 fully saturated rings. The third kappa shape index (κ3) is 5.61. The third-order valence-corrected chi connectivity index (χ3v) is 8.43. The average molecular weight is 539 g/mol. The summed E-state index contributed by atoms with van der Waals surface area (Å²) in [7, 11) is 0. The highest BCUT2D eigenvalue weighted by Crippen LogP contribution is 2.50. The summed E-state index contributed by atoms with van der Waals surface area (Å²) in [5.74, 6) is -1.33. The fourth-order valence-electron chi connectivity index (χ4n) is 6.41. The van der Waals surface area contributed by atoms with Gasteiger partial charge >= 0.3 is 0 Å². The predicted octanol–water partition coefficient (Wildman–Crippen LogP) is 3.73. The number of oxime groups is 1. The number of rotatable bonds is 8. The van der Waals surface area contributed by atoms with Crippen molar-refractivity contribution in [3.63, 3.8) is 0 Å². The van der Waals surface area contributed by atoms with Gasteiger partial charge in [0.1, 0.15) is 6.61 Å². The summed E-state index contributed by atoms with van der Waals surface area (Å²) in [6, 6.07) is 5.38. The summed E-state index contributed by atoms with van der Waals surface area (Å²) in [5.41, 5.74) is 3.93. The first-order valence-electron chi connectivity index (χ1n) is 13.8. The van der Waals surface area contributed by atoms with Gasteiger partial charge in [0.15, 0.2) is 11.5 Å². The highest BCUT2D eigenvalue weighted by Gasteiger charge is 2.59. The molecule has 2 N–H and O–H groups in total. The van der Waals surface area contributed by atoms with E-state index in [4.69, 9.17) is 14.3 Å². The van der Waals surface area contributed by atoms with Crippen LogP contribution in [-0.4, -0.2) is 58.2 Å². The van der Waals surface area contributed by atoms with Gasteiger partial charge in [-0.05, 0) is 70.2 Å². The molecule has 9 heteroatoms. The molecule has 2 heterocycles. The van der Waals surface area contributed by atoms with Crippen LogP contribution in [0, 0.1) is 23.7 Å². The molecule has 4 aliphatic rings. The van der Waals surface area contributed by atoms with Crippen LogP contribution in [0.15, 0.2) is 46.7 Å². The van der Waals surface area contributed by atoms with Crippen LogP contribution < -0.4 is 9.47 Å². The minimum Gasteiger partial charge on any atom is -0.454 e. The first-order chi connectivity index (χ1) is 18.7. The van der Waals surface area contributed by atoms with Crippen molar-refractivity contribution in [3.05, 3.63) is 47.1 Å². The first kappa shape index (κ1) is 27.4. The highest BCUT2D eigenvalue weighted by molar-refractivity contribution is 6.06. The molecular formula is C30H38N2O7. The fraction of sp³-hybridized carbons (Fsp3) is 0.567. The molecule has 0 bridgehead atoms. The Labute approximate surface area is 229 Å². The number of amides is 2. The molecule has 2 amide bonds. The van der Waals surface area contributed by atoms with E-state index in [9.17, 15) is 19.8 Å². The van der Waals surface area contributed by atoms with E-state index in [0.29, 0.717) is 36.7 Å². The Morgan fingerprint density at radius 2 is 1.85 bits per heavy atom. The molecule has 39 heavy (non-hydrogen) atoms. The number of carbonyl (C=O) groups is 2. The molecule has 2 aliphatic heterocycles. The van der Waals surface area contributed by atoms with Crippen LogP contribution in [-0.2, 0) is 21.0 Å². The van der Waals surface area contributed by atoms with Crippen molar-refractivity contribution in [2.45, 2.75) is 71.6 Å². The van der Waals surface area contributed by atoms with Crippen molar-refractivity contribution < 1.29 is 34.1 Å². The Balaban J connectivity index is 1.28. The molecule has 2 aliphatic carbocycles. The summed E-state index contributed by atoms with van der Waals surface area (Å²) in [5, 5.41) is 26.1. The summed E-state index contributed by atoms with van der Waals surface area (Å²) >= 11 is 0. The lowest BCUT2D eigenvalue weighted by atomic mass is 9.60. The lowest BCUT2D eigenvalue weighted by Crippen LogP contribution is -2.54. The van der Waals surface area contributed by atoms with Crippen molar-refractivity contribution in [2.24, 2.45) is 28.8 Å². The minimum absolute atomic E-state index is 0.126. The van der Waals surface area contributed by atoms with E-state index in [1.54, 1.807) is 12.1 Å². The number of fused-ring (bicyclic) bond motifs is 4. The van der Waals surface area contributed by atoms with Crippen LogP contribution in [0.4, 0.5) is 0 Å². The number of hydrogen-bond donors (Lipinski definition) is 2. The van der Waals surface area contributed by atoms with Crippen molar-refractivity contribution in [1.82, 2.24) is 4.90 Å². The maximum Gasteiger partial charge on any atom is 0.233 e. The Hall–Kier alpha value is -3.17. The molecule has 0 spiro atoms. The van der Waals surface area contributed by atoms with Crippen LogP contribution in [0.1, 0.15) is 58.4 Å². The van der Waals surface area contributed by atoms with Gasteiger partial charge in [0.05, 0.1) is 36.3 Å². The number of carbonyl (C=O) groups excluding carboxylic acids is 2. The number of hydrogen-bond acceptors (Lipinski definition) is 8. The topological polar surface area (TPSA) is 118 Å². The van der Waals surface area contributed by atoms with Gasteiger partial charge in [-0.1, -0.05) is 28.4 Å². The lowest BCUT2D eigenvalue weighted by Gasteiger charge is -2.45. The van der Waals surface area contributed by atoms with Gasteiger partial charge in [-0.25, -0.2) is 0 Å². The number of aliphatic hydroxyl groups is 2. The maximum absolute atomic E-state index is 13.6. The molecule has 5 rings (SSSR count). The molecular weight excluding hydrogens is 500 g/mol. The maximum atomic E-state index is 13.6. The minimum atomic E-state index is -1.11. The smallest absolute Gasteiger partial charge is 0.233 e. The monoisotopic (exact) mass is 538 g/mol. The van der Waals surface area contributed by atoms with E-state index in [1.165, 1.54) is 16.0 Å². The number of likely N-dealkylation sites (tertiary alicyclic amines) is 1. The second kappa shape index (κ2) is 11.5. The predicted molar refractivity (Wildman–Crippen MR) is 144 cm³/mol. The van der Waals surface area contributed by atoms with Gasteiger partial charge in [0.25, 0.3) is 0 Å². The van der Waals surface area contributed by atoms with Crippen molar-refractivity contribution in [3.8, 4) is 11.5 Å². The van der Waals surface area contributed by atoms with E-state index in [-0.39, 0.29) is 37.5 Å². The van der Waals surface area contributed by atoms with Crippen LogP contribution >= 0.6 is 0 Å². The van der Waals surface area contributed by atoms with Gasteiger partial charge in [-0.3, -0.25) is 14.5 Å². The molecule has 0 radical (unpaired) electrons. The lowest BCUT2D eigenvalue weighted by molar-refractivity contribution is -0.142. The molecule has 2 saturated carbocycles. The van der Waals surface area contributed by atoms with Crippen LogP contribution in [0.5, 0.6) is 11.5 Å². The normalized spacial score (nSPS) is 30.8. The number of allylic oxidation sites excluding steroid dienone is 3. The van der Waals surface area contributed by atoms with Crippen molar-refractivity contribution in [2.75, 3.05) is 13.4 Å². The zero-order valence-corrected chi connectivity index (χ0v) is 22.8. The number of benzene rings is 1. The molecule has 0 unspecified atom stereocenters. The van der Waals surface area contributed by atoms with E-state index in [1.807, 2.05) is 12.1 Å². The van der Waals surface area contributed by atoms with Gasteiger partial charge in [-0.15, -0.1) is 0 Å². The highest BCUT2D eigenvalue weighted by atomic mass is 16.7. The Bertz CT molecular complexity index is 1200. The SMILES string of the molecule is CC(C)=CCCC(C)=CCON=C1C[C@@H](O)[C@@H](O)[C@@H]2[C@@H]3C(=O)N(Cc4ccc5c(c4)OCO5)C(=O)[C@@H]3CC[C@@H]12. The Morgan fingerprint density at radius 1 is 1.08 bits per heavy atom. The van der Waals surface area contributed by atoms with E-state index in [0.717, 1.165) is 18.4 Å². The quantitative estimate of drug-likeness (QED) is 0.224. The summed E-state index contributed by atoms with van der Waals surface area (Å²) in [6.45, 7) is 6.81. The van der Waals surface area contributed by atoms with Gasteiger partial charge in [-0.2, -0.15) is 0 Å². The van der Waals surface area contributed by atoms with Gasteiger partial charge in [0, 0.05) is 18.3 Å². The number of ether oxygens (including phenoxy) is 2. The van der Waals surface area contributed by atoms with E-state index >= 15 is 0 Å². The molecule has 9 nitrogen and oxygen atoms in total. The Kier molecular flexibility index (Phi) is 8.09. The van der Waals surface area contributed by atoms with E-state index < -0.39 is 30.0 Å². The van der Waals surface area contributed by atoms with Gasteiger partial charge in [0.2, 0.25) is 18.6 Å². The number of imide groups is 1. The molecule has 210 valence electrons. The number of nitrogens with zero attached hydrogens (tertiary/aromatic N) is 2.